The van der Waals surface area contributed by atoms with Gasteiger partial charge in [-0.2, -0.15) is 15.0 Å². The molecule has 0 radical (unpaired) electrons. The van der Waals surface area contributed by atoms with Crippen molar-refractivity contribution in [2.45, 2.75) is 6.54 Å². The Morgan fingerprint density at radius 2 is 1.89 bits per heavy atom. The number of nitrogens with zero attached hydrogens (tertiary/aromatic N) is 3. The third-order valence-corrected chi connectivity index (χ3v) is 5.20. The summed E-state index contributed by atoms with van der Waals surface area (Å²) in [6, 6.07) is 15.6. The van der Waals surface area contributed by atoms with E-state index in [1.165, 1.54) is 18.4 Å². The number of hydrogen-bond acceptors (Lipinski definition) is 7. The molecule has 0 bridgehead atoms. The number of methoxy groups -OCH3 is 1. The Hall–Kier alpha value is -3.52. The van der Waals surface area contributed by atoms with Crippen LogP contribution in [0.5, 0.6) is 6.01 Å². The molecular formula is C20H17N5O2S. The monoisotopic (exact) mass is 391 g/mol. The van der Waals surface area contributed by atoms with Crippen molar-refractivity contribution in [2.24, 2.45) is 5.73 Å². The van der Waals surface area contributed by atoms with Gasteiger partial charge in [-0.1, -0.05) is 42.5 Å². The Labute approximate surface area is 165 Å². The largest absolute Gasteiger partial charge is 0.467 e. The van der Waals surface area contributed by atoms with E-state index >= 15 is 0 Å². The Morgan fingerprint density at radius 3 is 2.64 bits per heavy atom. The Morgan fingerprint density at radius 1 is 1.07 bits per heavy atom. The van der Waals surface area contributed by atoms with Gasteiger partial charge in [-0.25, -0.2) is 0 Å². The molecule has 7 nitrogen and oxygen atoms in total. The highest BCUT2D eigenvalue weighted by atomic mass is 32.1. The van der Waals surface area contributed by atoms with Crippen LogP contribution in [-0.4, -0.2) is 28.0 Å². The number of aromatic nitrogens is 3. The second-order valence-electron chi connectivity index (χ2n) is 6.00. The molecule has 8 heteroatoms. The van der Waals surface area contributed by atoms with E-state index in [1.54, 1.807) is 12.1 Å². The van der Waals surface area contributed by atoms with Crippen LogP contribution in [0.25, 0.3) is 21.5 Å². The maximum Gasteiger partial charge on any atom is 0.321 e. The molecule has 0 atom stereocenters. The number of hydrogen-bond donors (Lipinski definition) is 2. The topological polar surface area (TPSA) is 103 Å². The Balaban J connectivity index is 1.73. The number of benzene rings is 2. The van der Waals surface area contributed by atoms with E-state index in [0.717, 1.165) is 21.2 Å². The predicted octanol–water partition coefficient (Wildman–Crippen LogP) is 3.47. The minimum atomic E-state index is -0.464. The summed E-state index contributed by atoms with van der Waals surface area (Å²) in [7, 11) is 1.51. The number of primary amides is 1. The molecule has 0 saturated heterocycles. The van der Waals surface area contributed by atoms with Crippen LogP contribution < -0.4 is 15.8 Å². The molecule has 0 saturated carbocycles. The lowest BCUT2D eigenvalue weighted by Gasteiger charge is -2.08. The summed E-state index contributed by atoms with van der Waals surface area (Å²) in [6.07, 6.45) is 0. The fraction of sp³-hybridized carbons (Fsp3) is 0.100. The highest BCUT2D eigenvalue weighted by Crippen LogP contribution is 2.35. The number of carbonyl (C=O) groups is 1. The zero-order valence-electron chi connectivity index (χ0n) is 15.0. The van der Waals surface area contributed by atoms with Gasteiger partial charge >= 0.3 is 6.01 Å². The van der Waals surface area contributed by atoms with Crippen LogP contribution in [0.3, 0.4) is 0 Å². The molecule has 2 heterocycles. The first kappa shape index (κ1) is 17.9. The first-order valence-corrected chi connectivity index (χ1v) is 9.42. The molecule has 2 aromatic heterocycles. The van der Waals surface area contributed by atoms with E-state index in [2.05, 4.69) is 20.3 Å². The van der Waals surface area contributed by atoms with Gasteiger partial charge in [0.25, 0.3) is 0 Å². The lowest BCUT2D eigenvalue weighted by atomic mass is 10.1. The fourth-order valence-corrected chi connectivity index (χ4v) is 3.86. The summed E-state index contributed by atoms with van der Waals surface area (Å²) in [5.74, 6) is 0.427. The molecule has 0 aliphatic carbocycles. The molecule has 4 rings (SSSR count). The maximum atomic E-state index is 11.7. The van der Waals surface area contributed by atoms with Gasteiger partial charge < -0.3 is 15.8 Å². The first-order chi connectivity index (χ1) is 13.7. The third-order valence-electron chi connectivity index (χ3n) is 4.20. The molecule has 2 aromatic carbocycles. The van der Waals surface area contributed by atoms with Gasteiger partial charge in [-0.3, -0.25) is 4.79 Å². The van der Waals surface area contributed by atoms with E-state index in [4.69, 9.17) is 10.5 Å². The smallest absolute Gasteiger partial charge is 0.321 e. The zero-order valence-corrected chi connectivity index (χ0v) is 15.9. The molecule has 0 unspecified atom stereocenters. The average molecular weight is 391 g/mol. The normalized spacial score (nSPS) is 10.8. The van der Waals surface area contributed by atoms with Crippen LogP contribution in [0.15, 0.2) is 53.9 Å². The number of rotatable bonds is 6. The van der Waals surface area contributed by atoms with Crippen molar-refractivity contribution in [1.82, 2.24) is 15.0 Å². The highest BCUT2D eigenvalue weighted by Gasteiger charge is 2.16. The van der Waals surface area contributed by atoms with Gasteiger partial charge in [0.05, 0.1) is 12.0 Å². The standard InChI is InChI=1S/C20H17N5O2S/c1-27-20-24-18(23-19(25-20)22-10-12-6-3-2-4-7-12)16-13-8-5-9-14(17(21)26)15(13)11-28-16/h2-9,11H,10H2,1H3,(H2,21,26)(H,22,23,24,25). The molecule has 28 heavy (non-hydrogen) atoms. The molecule has 4 aromatic rings. The number of nitrogens with one attached hydrogen (secondary N) is 1. The van der Waals surface area contributed by atoms with E-state index in [0.29, 0.717) is 23.9 Å². The molecule has 140 valence electrons. The molecule has 1 amide bonds. The molecule has 0 aliphatic heterocycles. The number of amides is 1. The minimum absolute atomic E-state index is 0.216. The number of nitrogens with two attached hydrogens (primary N) is 1. The number of thiophene rings is 1. The van der Waals surface area contributed by atoms with Crippen LogP contribution in [-0.2, 0) is 6.54 Å². The van der Waals surface area contributed by atoms with E-state index in [9.17, 15) is 4.79 Å². The molecule has 0 spiro atoms. The minimum Gasteiger partial charge on any atom is -0.467 e. The van der Waals surface area contributed by atoms with Crippen molar-refractivity contribution in [3.63, 3.8) is 0 Å². The fourth-order valence-electron chi connectivity index (χ4n) is 2.86. The van der Waals surface area contributed by atoms with E-state index in [1.807, 2.05) is 41.8 Å². The zero-order chi connectivity index (χ0) is 19.5. The van der Waals surface area contributed by atoms with Crippen LogP contribution in [0.4, 0.5) is 5.95 Å². The van der Waals surface area contributed by atoms with Gasteiger partial charge in [0.15, 0.2) is 5.82 Å². The molecule has 3 N–H and O–H groups in total. The second-order valence-corrected chi connectivity index (χ2v) is 6.88. The quantitative estimate of drug-likeness (QED) is 0.522. The predicted molar refractivity (Wildman–Crippen MR) is 109 cm³/mol. The van der Waals surface area contributed by atoms with Crippen LogP contribution in [0.1, 0.15) is 15.9 Å². The van der Waals surface area contributed by atoms with Crippen molar-refractivity contribution in [3.05, 3.63) is 65.0 Å². The second kappa shape index (κ2) is 7.61. The summed E-state index contributed by atoms with van der Waals surface area (Å²) >= 11 is 1.45. The summed E-state index contributed by atoms with van der Waals surface area (Å²) < 4.78 is 5.25. The van der Waals surface area contributed by atoms with Crippen molar-refractivity contribution < 1.29 is 9.53 Å². The van der Waals surface area contributed by atoms with Crippen LogP contribution >= 0.6 is 11.3 Å². The van der Waals surface area contributed by atoms with Gasteiger partial charge in [0.1, 0.15) is 0 Å². The summed E-state index contributed by atoms with van der Waals surface area (Å²) in [6.45, 7) is 0.574. The number of carbonyl (C=O) groups excluding carboxylic acids is 1. The average Bonchev–Trinajstić information content (AvgIpc) is 3.17. The lowest BCUT2D eigenvalue weighted by molar-refractivity contribution is 0.100. The van der Waals surface area contributed by atoms with Gasteiger partial charge in [-0.05, 0) is 11.6 Å². The van der Waals surface area contributed by atoms with E-state index < -0.39 is 5.91 Å². The molecule has 0 aliphatic rings. The van der Waals surface area contributed by atoms with Crippen LogP contribution in [0, 0.1) is 0 Å². The van der Waals surface area contributed by atoms with Crippen molar-refractivity contribution in [2.75, 3.05) is 12.4 Å². The first-order valence-electron chi connectivity index (χ1n) is 8.54. The molecular weight excluding hydrogens is 374 g/mol. The van der Waals surface area contributed by atoms with Gasteiger partial charge in [0.2, 0.25) is 11.9 Å². The summed E-state index contributed by atoms with van der Waals surface area (Å²) in [5.41, 5.74) is 7.07. The highest BCUT2D eigenvalue weighted by molar-refractivity contribution is 7.15. The van der Waals surface area contributed by atoms with Gasteiger partial charge in [0, 0.05) is 28.3 Å². The summed E-state index contributed by atoms with van der Waals surface area (Å²) in [5, 5.41) is 6.74. The Bertz CT molecular complexity index is 1140. The van der Waals surface area contributed by atoms with Crippen LogP contribution in [0.2, 0.25) is 0 Å². The van der Waals surface area contributed by atoms with Crippen molar-refractivity contribution in [1.29, 1.82) is 0 Å². The SMILES string of the molecule is COc1nc(NCc2ccccc2)nc(-c2scc3c(C(N)=O)cccc23)n1. The van der Waals surface area contributed by atoms with E-state index in [-0.39, 0.29) is 6.01 Å². The lowest BCUT2D eigenvalue weighted by Crippen LogP contribution is -2.10. The summed E-state index contributed by atoms with van der Waals surface area (Å²) in [4.78, 5) is 25.7. The number of anilines is 1. The Kier molecular flexibility index (Phi) is 4.86. The van der Waals surface area contributed by atoms with Gasteiger partial charge in [-0.15, -0.1) is 11.3 Å². The maximum absolute atomic E-state index is 11.7. The third kappa shape index (κ3) is 3.49. The number of fused-ring (bicyclic) bond motifs is 1. The van der Waals surface area contributed by atoms with Crippen molar-refractivity contribution >= 4 is 34.0 Å². The molecule has 0 fully saturated rings. The number of ether oxygens (including phenoxy) is 1. The van der Waals surface area contributed by atoms with Crippen molar-refractivity contribution in [3.8, 4) is 16.7 Å².